The van der Waals surface area contributed by atoms with E-state index < -0.39 is 17.8 Å². The van der Waals surface area contributed by atoms with Gasteiger partial charge < -0.3 is 4.98 Å². The zero-order chi connectivity index (χ0) is 19.7. The number of halogens is 3. The van der Waals surface area contributed by atoms with Crippen LogP contribution in [0.25, 0.3) is 22.3 Å². The average Bonchev–Trinajstić information content (AvgIpc) is 3.34. The maximum Gasteiger partial charge on any atom is 0.417 e. The third-order valence-electron chi connectivity index (χ3n) is 4.30. The number of pyridine rings is 1. The maximum atomic E-state index is 13.0. The van der Waals surface area contributed by atoms with Gasteiger partial charge in [-0.2, -0.15) is 23.5 Å². The third-order valence-corrected chi connectivity index (χ3v) is 4.30. The number of nitriles is 1. The van der Waals surface area contributed by atoms with Gasteiger partial charge in [0.25, 0.3) is 0 Å². The second-order valence-corrected chi connectivity index (χ2v) is 6.05. The molecule has 0 fully saturated rings. The van der Waals surface area contributed by atoms with Gasteiger partial charge in [0.1, 0.15) is 12.0 Å². The molecule has 0 spiro atoms. The molecule has 1 unspecified atom stereocenters. The molecule has 7 nitrogen and oxygen atoms in total. The minimum atomic E-state index is -4.52. The molecule has 0 amide bonds. The van der Waals surface area contributed by atoms with Crippen LogP contribution in [0, 0.1) is 11.3 Å². The number of alkyl halides is 3. The number of hydrogen-bond acceptors (Lipinski definition) is 5. The molecular formula is C18H12F3N7. The lowest BCUT2D eigenvalue weighted by Gasteiger charge is -2.16. The highest BCUT2D eigenvalue weighted by Crippen LogP contribution is 2.32. The molecule has 0 saturated carbocycles. The van der Waals surface area contributed by atoms with E-state index in [1.165, 1.54) is 17.2 Å². The van der Waals surface area contributed by atoms with Crippen LogP contribution in [0.3, 0.4) is 0 Å². The van der Waals surface area contributed by atoms with Gasteiger partial charge in [0.05, 0.1) is 36.0 Å². The van der Waals surface area contributed by atoms with Gasteiger partial charge >= 0.3 is 6.18 Å². The Morgan fingerprint density at radius 3 is 2.86 bits per heavy atom. The molecule has 10 heteroatoms. The smallest absolute Gasteiger partial charge is 0.346 e. The summed E-state index contributed by atoms with van der Waals surface area (Å²) < 4.78 is 40.5. The van der Waals surface area contributed by atoms with Crippen LogP contribution in [0.2, 0.25) is 0 Å². The highest BCUT2D eigenvalue weighted by molar-refractivity contribution is 5.89. The lowest BCUT2D eigenvalue weighted by atomic mass is 10.0. The van der Waals surface area contributed by atoms with E-state index in [4.69, 9.17) is 5.26 Å². The summed E-state index contributed by atoms with van der Waals surface area (Å²) >= 11 is 0. The fourth-order valence-corrected chi connectivity index (χ4v) is 2.98. The quantitative estimate of drug-likeness (QED) is 0.579. The number of nitrogens with zero attached hydrogens (tertiary/aromatic N) is 6. The Kier molecular flexibility index (Phi) is 4.27. The number of aromatic amines is 1. The van der Waals surface area contributed by atoms with Crippen LogP contribution in [-0.4, -0.2) is 29.7 Å². The van der Waals surface area contributed by atoms with Gasteiger partial charge in [-0.25, -0.2) is 9.97 Å². The Balaban J connectivity index is 1.75. The van der Waals surface area contributed by atoms with Crippen LogP contribution >= 0.6 is 0 Å². The summed E-state index contributed by atoms with van der Waals surface area (Å²) in [5, 5.41) is 14.2. The molecule has 4 heterocycles. The average molecular weight is 383 g/mol. The maximum absolute atomic E-state index is 13.0. The molecule has 0 bridgehead atoms. The molecule has 0 radical (unpaired) electrons. The van der Waals surface area contributed by atoms with Crippen molar-refractivity contribution >= 4 is 11.0 Å². The molecular weight excluding hydrogens is 371 g/mol. The van der Waals surface area contributed by atoms with E-state index >= 15 is 0 Å². The molecule has 4 rings (SSSR count). The lowest BCUT2D eigenvalue weighted by Crippen LogP contribution is -2.13. The van der Waals surface area contributed by atoms with Gasteiger partial charge in [-0.15, -0.1) is 0 Å². The first-order valence-corrected chi connectivity index (χ1v) is 8.19. The molecule has 0 saturated heterocycles. The van der Waals surface area contributed by atoms with Crippen LogP contribution in [0.15, 0.2) is 49.4 Å². The van der Waals surface area contributed by atoms with Gasteiger partial charge in [-0.1, -0.05) is 0 Å². The summed E-state index contributed by atoms with van der Waals surface area (Å²) in [5.74, 6) is 0. The minimum Gasteiger partial charge on any atom is -0.346 e. The second kappa shape index (κ2) is 6.77. The number of nitrogens with one attached hydrogen (secondary N) is 1. The summed E-state index contributed by atoms with van der Waals surface area (Å²) in [6.45, 7) is 0. The zero-order valence-electron chi connectivity index (χ0n) is 14.2. The largest absolute Gasteiger partial charge is 0.417 e. The topological polar surface area (TPSA) is 96.1 Å². The lowest BCUT2D eigenvalue weighted by molar-refractivity contribution is -0.137. The van der Waals surface area contributed by atoms with Crippen molar-refractivity contribution in [2.45, 2.75) is 18.6 Å². The van der Waals surface area contributed by atoms with Crippen LogP contribution in [0.1, 0.15) is 23.6 Å². The molecule has 0 aromatic carbocycles. The van der Waals surface area contributed by atoms with E-state index in [-0.39, 0.29) is 12.0 Å². The van der Waals surface area contributed by atoms with Crippen molar-refractivity contribution in [2.24, 2.45) is 0 Å². The third kappa shape index (κ3) is 3.18. The standard InChI is InChI=1S/C18H12F3N7/c19-18(20,21)13-5-11(6-23-8-13)15(1-3-22)28-9-12(7-27-28)16-14-2-4-24-17(14)26-10-25-16/h2,4-10,15H,1H2,(H,24,25,26). The van der Waals surface area contributed by atoms with Gasteiger partial charge in [-0.05, 0) is 17.7 Å². The summed E-state index contributed by atoms with van der Waals surface area (Å²) in [5.41, 5.74) is 1.34. The molecule has 4 aromatic heterocycles. The Labute approximate surface area is 156 Å². The number of fused-ring (bicyclic) bond motifs is 1. The van der Waals surface area contributed by atoms with Crippen molar-refractivity contribution in [3.05, 3.63) is 60.6 Å². The van der Waals surface area contributed by atoms with Crippen molar-refractivity contribution in [1.29, 1.82) is 5.26 Å². The van der Waals surface area contributed by atoms with E-state index in [0.29, 0.717) is 16.9 Å². The van der Waals surface area contributed by atoms with E-state index in [1.807, 2.05) is 12.1 Å². The number of aromatic nitrogens is 6. The van der Waals surface area contributed by atoms with Crippen LogP contribution in [0.5, 0.6) is 0 Å². The van der Waals surface area contributed by atoms with Crippen molar-refractivity contribution < 1.29 is 13.2 Å². The molecule has 1 N–H and O–H groups in total. The highest BCUT2D eigenvalue weighted by atomic mass is 19.4. The molecule has 140 valence electrons. The SMILES string of the molecule is N#CCC(c1cncc(C(F)(F)F)c1)n1cc(-c2ncnc3[nH]ccc23)cn1. The normalized spacial score (nSPS) is 12.8. The van der Waals surface area contributed by atoms with E-state index in [1.54, 1.807) is 18.6 Å². The zero-order valence-corrected chi connectivity index (χ0v) is 14.2. The van der Waals surface area contributed by atoms with E-state index in [0.717, 1.165) is 17.6 Å². The minimum absolute atomic E-state index is 0.0621. The Hall–Kier alpha value is -3.74. The summed E-state index contributed by atoms with van der Waals surface area (Å²) in [4.78, 5) is 15.1. The molecule has 4 aromatic rings. The predicted octanol–water partition coefficient (Wildman–Crippen LogP) is 3.74. The van der Waals surface area contributed by atoms with Gasteiger partial charge in [0, 0.05) is 35.7 Å². The summed E-state index contributed by atoms with van der Waals surface area (Å²) in [6.07, 6.45) is 3.84. The number of hydrogen-bond donors (Lipinski definition) is 1. The first-order valence-electron chi connectivity index (χ1n) is 8.19. The van der Waals surface area contributed by atoms with Crippen LogP contribution in [-0.2, 0) is 6.18 Å². The number of rotatable bonds is 4. The molecule has 1 atom stereocenters. The fraction of sp³-hybridized carbons (Fsp3) is 0.167. The van der Waals surface area contributed by atoms with Crippen LogP contribution in [0.4, 0.5) is 13.2 Å². The molecule has 28 heavy (non-hydrogen) atoms. The first-order chi connectivity index (χ1) is 13.5. The van der Waals surface area contributed by atoms with E-state index in [2.05, 4.69) is 25.0 Å². The van der Waals surface area contributed by atoms with Crippen molar-refractivity contribution in [3.63, 3.8) is 0 Å². The van der Waals surface area contributed by atoms with Crippen molar-refractivity contribution in [3.8, 4) is 17.3 Å². The number of H-pyrrole nitrogens is 1. The van der Waals surface area contributed by atoms with E-state index in [9.17, 15) is 13.2 Å². The molecule has 0 aliphatic heterocycles. The second-order valence-electron chi connectivity index (χ2n) is 6.05. The highest BCUT2D eigenvalue weighted by Gasteiger charge is 2.32. The van der Waals surface area contributed by atoms with Crippen LogP contribution < -0.4 is 0 Å². The van der Waals surface area contributed by atoms with Gasteiger partial charge in [0.15, 0.2) is 0 Å². The Morgan fingerprint density at radius 1 is 1.21 bits per heavy atom. The Morgan fingerprint density at radius 2 is 2.07 bits per heavy atom. The molecule has 0 aliphatic rings. The van der Waals surface area contributed by atoms with Gasteiger partial charge in [-0.3, -0.25) is 9.67 Å². The Bertz CT molecular complexity index is 1170. The predicted molar refractivity (Wildman–Crippen MR) is 92.7 cm³/mol. The summed E-state index contributed by atoms with van der Waals surface area (Å²) in [7, 11) is 0. The van der Waals surface area contributed by atoms with Crippen molar-refractivity contribution in [2.75, 3.05) is 0 Å². The first kappa shape index (κ1) is 17.7. The summed E-state index contributed by atoms with van der Waals surface area (Å²) in [6, 6.07) is 4.10. The van der Waals surface area contributed by atoms with Crippen molar-refractivity contribution in [1.82, 2.24) is 29.7 Å². The molecule has 0 aliphatic carbocycles. The van der Waals surface area contributed by atoms with Gasteiger partial charge in [0.2, 0.25) is 0 Å². The fourth-order valence-electron chi connectivity index (χ4n) is 2.98. The monoisotopic (exact) mass is 383 g/mol.